The van der Waals surface area contributed by atoms with Crippen LogP contribution in [0.4, 0.5) is 4.39 Å². The summed E-state index contributed by atoms with van der Waals surface area (Å²) in [5, 5.41) is 4.02. The molecule has 0 radical (unpaired) electrons. The molecule has 0 saturated carbocycles. The summed E-state index contributed by atoms with van der Waals surface area (Å²) in [6.45, 7) is 0. The summed E-state index contributed by atoms with van der Waals surface area (Å²) in [5.74, 6) is 5.06. The number of hydrogen-bond acceptors (Lipinski definition) is 3. The molecule has 0 aliphatic rings. The summed E-state index contributed by atoms with van der Waals surface area (Å²) in [5.41, 5.74) is 6.03. The zero-order valence-corrected chi connectivity index (χ0v) is 8.78. The maximum Gasteiger partial charge on any atom is 0.177 e. The maximum absolute atomic E-state index is 12.8. The van der Waals surface area contributed by atoms with Crippen LogP contribution in [0.15, 0.2) is 23.3 Å². The fourth-order valence-corrected chi connectivity index (χ4v) is 1.72. The molecule has 4 N–H and O–H groups in total. The van der Waals surface area contributed by atoms with Crippen molar-refractivity contribution >= 4 is 28.5 Å². The van der Waals surface area contributed by atoms with Crippen LogP contribution in [-0.4, -0.2) is 5.17 Å². The molecule has 0 atom stereocenters. The lowest BCUT2D eigenvalue weighted by molar-refractivity contribution is 0.626. The predicted molar refractivity (Wildman–Crippen MR) is 58.5 cm³/mol. The summed E-state index contributed by atoms with van der Waals surface area (Å²) >= 11 is 7.03. The number of rotatable bonds is 2. The smallest absolute Gasteiger partial charge is 0.177 e. The van der Waals surface area contributed by atoms with Crippen molar-refractivity contribution in [2.24, 2.45) is 16.7 Å². The third kappa shape index (κ3) is 3.08. The summed E-state index contributed by atoms with van der Waals surface area (Å²) in [7, 11) is 0. The number of nitrogens with two attached hydrogens (primary N) is 2. The Kier molecular flexibility index (Phi) is 4.03. The molecule has 0 aromatic heterocycles. The predicted octanol–water partition coefficient (Wildman–Crippen LogP) is 1.90. The normalized spacial score (nSPS) is 11.7. The molecule has 0 aliphatic heterocycles. The number of nitrogens with zero attached hydrogens (tertiary/aromatic N) is 1. The average Bonchev–Trinajstić information content (AvgIpc) is 2.19. The third-order valence-electron chi connectivity index (χ3n) is 1.51. The zero-order valence-electron chi connectivity index (χ0n) is 7.21. The van der Waals surface area contributed by atoms with Crippen LogP contribution in [0.2, 0.25) is 5.02 Å². The van der Waals surface area contributed by atoms with Crippen molar-refractivity contribution in [3.63, 3.8) is 0 Å². The first-order valence-electron chi connectivity index (χ1n) is 3.73. The van der Waals surface area contributed by atoms with Crippen LogP contribution in [0.25, 0.3) is 0 Å². The van der Waals surface area contributed by atoms with Crippen LogP contribution in [0.3, 0.4) is 0 Å². The summed E-state index contributed by atoms with van der Waals surface area (Å²) < 4.78 is 12.8. The van der Waals surface area contributed by atoms with Gasteiger partial charge in [0.05, 0.1) is 0 Å². The van der Waals surface area contributed by atoms with Gasteiger partial charge in [0.1, 0.15) is 5.82 Å². The van der Waals surface area contributed by atoms with E-state index < -0.39 is 0 Å². The van der Waals surface area contributed by atoms with Gasteiger partial charge < -0.3 is 11.6 Å². The minimum Gasteiger partial charge on any atom is -0.377 e. The Balaban J connectivity index is 2.71. The Morgan fingerprint density at radius 3 is 2.93 bits per heavy atom. The molecule has 0 aliphatic carbocycles. The molecule has 0 saturated heterocycles. The molecule has 0 spiro atoms. The Morgan fingerprint density at radius 2 is 2.29 bits per heavy atom. The molecular weight excluding hydrogens is 225 g/mol. The summed E-state index contributed by atoms with van der Waals surface area (Å²) in [4.78, 5) is 0. The van der Waals surface area contributed by atoms with E-state index in [0.717, 1.165) is 0 Å². The van der Waals surface area contributed by atoms with Crippen LogP contribution in [-0.2, 0) is 5.75 Å². The van der Waals surface area contributed by atoms with Gasteiger partial charge in [-0.2, -0.15) is 5.10 Å². The van der Waals surface area contributed by atoms with Gasteiger partial charge in [0.25, 0.3) is 0 Å². The molecule has 3 nitrogen and oxygen atoms in total. The summed E-state index contributed by atoms with van der Waals surface area (Å²) in [6.07, 6.45) is 0. The molecule has 0 unspecified atom stereocenters. The maximum atomic E-state index is 12.8. The third-order valence-corrected chi connectivity index (χ3v) is 2.74. The molecule has 1 aromatic carbocycles. The van der Waals surface area contributed by atoms with Crippen molar-refractivity contribution in [2.45, 2.75) is 5.75 Å². The van der Waals surface area contributed by atoms with Crippen molar-refractivity contribution in [1.29, 1.82) is 0 Å². The van der Waals surface area contributed by atoms with Crippen molar-refractivity contribution in [1.82, 2.24) is 0 Å². The Hall–Kier alpha value is -0.940. The highest BCUT2D eigenvalue weighted by atomic mass is 35.5. The second-order valence-electron chi connectivity index (χ2n) is 2.49. The molecule has 6 heteroatoms. The zero-order chi connectivity index (χ0) is 10.6. The highest BCUT2D eigenvalue weighted by Gasteiger charge is 2.03. The first-order valence-corrected chi connectivity index (χ1v) is 5.10. The summed E-state index contributed by atoms with van der Waals surface area (Å²) in [6, 6.07) is 4.17. The molecular formula is C8H9ClFN3S. The van der Waals surface area contributed by atoms with E-state index in [2.05, 4.69) is 5.10 Å². The second kappa shape index (κ2) is 5.07. The topological polar surface area (TPSA) is 64.4 Å². The monoisotopic (exact) mass is 233 g/mol. The van der Waals surface area contributed by atoms with Crippen LogP contribution in [0, 0.1) is 5.82 Å². The van der Waals surface area contributed by atoms with Crippen LogP contribution < -0.4 is 11.6 Å². The second-order valence-corrected chi connectivity index (χ2v) is 3.89. The Morgan fingerprint density at radius 1 is 1.57 bits per heavy atom. The standard InChI is InChI=1S/C8H9ClFN3S/c9-7-2-1-6(10)3-5(7)4-14-8(11)13-12/h1-3H,4,12H2,(H2,11,13). The van der Waals surface area contributed by atoms with E-state index in [4.69, 9.17) is 23.2 Å². The lowest BCUT2D eigenvalue weighted by Crippen LogP contribution is -2.09. The van der Waals surface area contributed by atoms with E-state index in [1.165, 1.54) is 30.0 Å². The van der Waals surface area contributed by atoms with Gasteiger partial charge in [0.2, 0.25) is 0 Å². The van der Waals surface area contributed by atoms with Crippen molar-refractivity contribution in [2.75, 3.05) is 0 Å². The number of halogens is 2. The van der Waals surface area contributed by atoms with E-state index in [9.17, 15) is 4.39 Å². The van der Waals surface area contributed by atoms with Gasteiger partial charge in [0, 0.05) is 10.8 Å². The van der Waals surface area contributed by atoms with Gasteiger partial charge in [-0.3, -0.25) is 0 Å². The molecule has 14 heavy (non-hydrogen) atoms. The van der Waals surface area contributed by atoms with Gasteiger partial charge in [-0.05, 0) is 23.8 Å². The van der Waals surface area contributed by atoms with E-state index in [0.29, 0.717) is 16.3 Å². The molecule has 1 rings (SSSR count). The minimum atomic E-state index is -0.326. The Bertz CT molecular complexity index is 356. The van der Waals surface area contributed by atoms with E-state index >= 15 is 0 Å². The highest BCUT2D eigenvalue weighted by molar-refractivity contribution is 8.13. The Labute approximate surface area is 90.3 Å². The SMILES string of the molecule is N/N=C(/N)SCc1cc(F)ccc1Cl. The number of hydrazone groups is 1. The lowest BCUT2D eigenvalue weighted by atomic mass is 10.2. The molecule has 1 aromatic rings. The van der Waals surface area contributed by atoms with Gasteiger partial charge >= 0.3 is 0 Å². The molecule has 0 fully saturated rings. The first kappa shape index (κ1) is 11.1. The average molecular weight is 234 g/mol. The number of hydrogen-bond donors (Lipinski definition) is 2. The van der Waals surface area contributed by atoms with Gasteiger partial charge in [0.15, 0.2) is 5.17 Å². The van der Waals surface area contributed by atoms with Crippen molar-refractivity contribution in [3.05, 3.63) is 34.6 Å². The van der Waals surface area contributed by atoms with Gasteiger partial charge in [-0.25, -0.2) is 4.39 Å². The molecule has 0 heterocycles. The first-order chi connectivity index (χ1) is 6.63. The lowest BCUT2D eigenvalue weighted by Gasteiger charge is -2.03. The minimum absolute atomic E-state index is 0.241. The van der Waals surface area contributed by atoms with Gasteiger partial charge in [-0.15, -0.1) is 0 Å². The van der Waals surface area contributed by atoms with Crippen LogP contribution >= 0.6 is 23.4 Å². The number of benzene rings is 1. The van der Waals surface area contributed by atoms with Gasteiger partial charge in [-0.1, -0.05) is 23.4 Å². The molecule has 76 valence electrons. The number of amidine groups is 1. The van der Waals surface area contributed by atoms with Crippen molar-refractivity contribution in [3.8, 4) is 0 Å². The molecule has 0 amide bonds. The largest absolute Gasteiger partial charge is 0.377 e. The highest BCUT2D eigenvalue weighted by Crippen LogP contribution is 2.21. The molecule has 0 bridgehead atoms. The fourth-order valence-electron chi connectivity index (χ4n) is 0.843. The van der Waals surface area contributed by atoms with E-state index in [1.807, 2.05) is 0 Å². The fraction of sp³-hybridized carbons (Fsp3) is 0.125. The van der Waals surface area contributed by atoms with E-state index in [1.54, 1.807) is 0 Å². The van der Waals surface area contributed by atoms with Crippen LogP contribution in [0.1, 0.15) is 5.56 Å². The number of thioether (sulfide) groups is 1. The van der Waals surface area contributed by atoms with E-state index in [-0.39, 0.29) is 11.0 Å². The quantitative estimate of drug-likeness (QED) is 0.355. The van der Waals surface area contributed by atoms with Crippen LogP contribution in [0.5, 0.6) is 0 Å². The van der Waals surface area contributed by atoms with Crippen molar-refractivity contribution < 1.29 is 4.39 Å².